The topological polar surface area (TPSA) is 43.2 Å². The highest BCUT2D eigenvalue weighted by Crippen LogP contribution is 2.47. The van der Waals surface area contributed by atoms with Crippen LogP contribution in [0.4, 0.5) is 15.8 Å². The fourth-order valence-electron chi connectivity index (χ4n) is 3.61. The molecular formula is C24H21FN4OS. The molecule has 1 aliphatic rings. The summed E-state index contributed by atoms with van der Waals surface area (Å²) in [5.74, 6) is -0.243. The maximum Gasteiger partial charge on any atom is 0.123 e. The van der Waals surface area contributed by atoms with Gasteiger partial charge in [0.05, 0.1) is 37.3 Å². The van der Waals surface area contributed by atoms with Gasteiger partial charge in [0.25, 0.3) is 0 Å². The van der Waals surface area contributed by atoms with E-state index < -0.39 is 0 Å². The first-order valence-corrected chi connectivity index (χ1v) is 10.8. The van der Waals surface area contributed by atoms with E-state index in [-0.39, 0.29) is 5.82 Å². The summed E-state index contributed by atoms with van der Waals surface area (Å²) in [6.45, 7) is 1.44. The number of hydrogen-bond acceptors (Lipinski definition) is 5. The van der Waals surface area contributed by atoms with Crippen LogP contribution in [-0.4, -0.2) is 22.0 Å². The van der Waals surface area contributed by atoms with E-state index in [9.17, 15) is 4.39 Å². The van der Waals surface area contributed by atoms with Crippen LogP contribution < -0.4 is 4.90 Å². The predicted octanol–water partition coefficient (Wildman–Crippen LogP) is 5.41. The number of benzene rings is 3. The van der Waals surface area contributed by atoms with Gasteiger partial charge in [-0.3, -0.25) is 0 Å². The largest absolute Gasteiger partial charge is 0.370 e. The molecule has 5 nitrogen and oxygen atoms in total. The molecule has 156 valence electrons. The maximum atomic E-state index is 13.0. The van der Waals surface area contributed by atoms with Crippen LogP contribution in [0.2, 0.25) is 0 Å². The zero-order chi connectivity index (χ0) is 21.2. The summed E-state index contributed by atoms with van der Waals surface area (Å²) in [6, 6.07) is 21.3. The van der Waals surface area contributed by atoms with E-state index in [0.29, 0.717) is 19.8 Å². The minimum atomic E-state index is -0.243. The van der Waals surface area contributed by atoms with Crippen molar-refractivity contribution in [1.82, 2.24) is 15.0 Å². The van der Waals surface area contributed by atoms with Crippen molar-refractivity contribution in [2.75, 3.05) is 11.9 Å². The highest BCUT2D eigenvalue weighted by atomic mass is 32.2. The molecule has 3 aromatic carbocycles. The summed E-state index contributed by atoms with van der Waals surface area (Å²) in [5, 5.41) is 8.30. The van der Waals surface area contributed by atoms with Gasteiger partial charge in [-0.1, -0.05) is 47.3 Å². The van der Waals surface area contributed by atoms with E-state index in [0.717, 1.165) is 16.8 Å². The van der Waals surface area contributed by atoms with Crippen LogP contribution in [0.15, 0.2) is 82.7 Å². The molecule has 0 aliphatic carbocycles. The van der Waals surface area contributed by atoms with E-state index in [1.54, 1.807) is 28.6 Å². The molecule has 7 heteroatoms. The SMILES string of the molecule is CN1c2ccccc2Sc2cc(COCc3cn(Cc4ccc(F)cc4)nn3)ccc21. The maximum absolute atomic E-state index is 13.0. The van der Waals surface area contributed by atoms with Crippen molar-refractivity contribution < 1.29 is 9.13 Å². The third-order valence-electron chi connectivity index (χ3n) is 5.19. The summed E-state index contributed by atoms with van der Waals surface area (Å²) in [4.78, 5) is 4.71. The summed E-state index contributed by atoms with van der Waals surface area (Å²) < 4.78 is 20.6. The van der Waals surface area contributed by atoms with Gasteiger partial charge in [0.2, 0.25) is 0 Å². The van der Waals surface area contributed by atoms with Crippen LogP contribution >= 0.6 is 11.8 Å². The lowest BCUT2D eigenvalue weighted by Gasteiger charge is -2.29. The van der Waals surface area contributed by atoms with Crippen molar-refractivity contribution in [3.63, 3.8) is 0 Å². The molecular weight excluding hydrogens is 411 g/mol. The van der Waals surface area contributed by atoms with Gasteiger partial charge in [-0.25, -0.2) is 9.07 Å². The number of hydrogen-bond donors (Lipinski definition) is 0. The molecule has 0 bridgehead atoms. The highest BCUT2D eigenvalue weighted by Gasteiger charge is 2.20. The first kappa shape index (κ1) is 19.8. The Morgan fingerprint density at radius 2 is 1.68 bits per heavy atom. The normalized spacial score (nSPS) is 12.5. The summed E-state index contributed by atoms with van der Waals surface area (Å²) in [5.41, 5.74) is 5.29. The molecule has 0 unspecified atom stereocenters. The number of ether oxygens (including phenoxy) is 1. The summed E-state index contributed by atoms with van der Waals surface area (Å²) in [6.07, 6.45) is 1.86. The Morgan fingerprint density at radius 1 is 0.903 bits per heavy atom. The Hall–Kier alpha value is -3.16. The van der Waals surface area contributed by atoms with Gasteiger partial charge in [-0.15, -0.1) is 5.10 Å². The van der Waals surface area contributed by atoms with Crippen molar-refractivity contribution in [3.05, 3.63) is 95.6 Å². The molecule has 0 amide bonds. The number of aromatic nitrogens is 3. The Kier molecular flexibility index (Phi) is 5.44. The number of halogens is 1. The van der Waals surface area contributed by atoms with Gasteiger partial charge in [-0.05, 0) is 47.5 Å². The molecule has 0 radical (unpaired) electrons. The lowest BCUT2D eigenvalue weighted by molar-refractivity contribution is 0.104. The van der Waals surface area contributed by atoms with E-state index >= 15 is 0 Å². The molecule has 0 spiro atoms. The number of anilines is 2. The third kappa shape index (κ3) is 4.33. The summed E-state index contributed by atoms with van der Waals surface area (Å²) in [7, 11) is 2.10. The first-order valence-electron chi connectivity index (χ1n) is 10.0. The molecule has 31 heavy (non-hydrogen) atoms. The van der Waals surface area contributed by atoms with Crippen molar-refractivity contribution in [2.45, 2.75) is 29.5 Å². The van der Waals surface area contributed by atoms with Crippen LogP contribution in [-0.2, 0) is 24.5 Å². The van der Waals surface area contributed by atoms with Gasteiger partial charge in [-0.2, -0.15) is 0 Å². The molecule has 0 saturated heterocycles. The molecule has 5 rings (SSSR count). The zero-order valence-corrected chi connectivity index (χ0v) is 17.8. The van der Waals surface area contributed by atoms with Crippen LogP contribution in [0, 0.1) is 5.82 Å². The van der Waals surface area contributed by atoms with Crippen molar-refractivity contribution in [2.24, 2.45) is 0 Å². The molecule has 0 N–H and O–H groups in total. The number of rotatable bonds is 6. The second-order valence-electron chi connectivity index (χ2n) is 7.46. The minimum absolute atomic E-state index is 0.243. The Morgan fingerprint density at radius 3 is 2.55 bits per heavy atom. The Bertz CT molecular complexity index is 1210. The standard InChI is InChI=1S/C24H21FN4OS/c1-28-21-4-2-3-5-23(21)31-24-12-18(8-11-22(24)28)15-30-16-20-14-29(27-26-20)13-17-6-9-19(25)10-7-17/h2-12,14H,13,15-16H2,1H3. The molecule has 4 aromatic rings. The third-order valence-corrected chi connectivity index (χ3v) is 6.31. The van der Waals surface area contributed by atoms with Gasteiger partial charge in [0.15, 0.2) is 0 Å². The van der Waals surface area contributed by atoms with Gasteiger partial charge in [0.1, 0.15) is 11.5 Å². The lowest BCUT2D eigenvalue weighted by Crippen LogP contribution is -2.14. The Balaban J connectivity index is 1.19. The average molecular weight is 433 g/mol. The molecule has 1 aliphatic heterocycles. The second kappa shape index (κ2) is 8.53. The van der Waals surface area contributed by atoms with Crippen LogP contribution in [0.1, 0.15) is 16.8 Å². The quantitative estimate of drug-likeness (QED) is 0.407. The van der Waals surface area contributed by atoms with Crippen molar-refractivity contribution >= 4 is 23.1 Å². The van der Waals surface area contributed by atoms with Gasteiger partial charge >= 0.3 is 0 Å². The van der Waals surface area contributed by atoms with E-state index in [1.807, 2.05) is 6.20 Å². The van der Waals surface area contributed by atoms with Crippen molar-refractivity contribution in [3.8, 4) is 0 Å². The van der Waals surface area contributed by atoms with E-state index in [4.69, 9.17) is 4.74 Å². The monoisotopic (exact) mass is 432 g/mol. The zero-order valence-electron chi connectivity index (χ0n) is 17.0. The van der Waals surface area contributed by atoms with Crippen molar-refractivity contribution in [1.29, 1.82) is 0 Å². The van der Waals surface area contributed by atoms with E-state index in [1.165, 1.54) is 33.3 Å². The average Bonchev–Trinajstić information content (AvgIpc) is 3.22. The summed E-state index contributed by atoms with van der Waals surface area (Å²) >= 11 is 1.79. The smallest absolute Gasteiger partial charge is 0.123 e. The number of nitrogens with zero attached hydrogens (tertiary/aromatic N) is 4. The minimum Gasteiger partial charge on any atom is -0.370 e. The molecule has 2 heterocycles. The lowest BCUT2D eigenvalue weighted by atomic mass is 10.2. The predicted molar refractivity (Wildman–Crippen MR) is 119 cm³/mol. The number of fused-ring (bicyclic) bond motifs is 2. The fraction of sp³-hybridized carbons (Fsp3) is 0.167. The first-order chi connectivity index (χ1) is 15.2. The van der Waals surface area contributed by atoms with Gasteiger partial charge in [0, 0.05) is 16.8 Å². The molecule has 1 aromatic heterocycles. The molecule has 0 atom stereocenters. The van der Waals surface area contributed by atoms with Crippen LogP contribution in [0.25, 0.3) is 0 Å². The molecule has 0 fully saturated rings. The van der Waals surface area contributed by atoms with Crippen LogP contribution in [0.5, 0.6) is 0 Å². The number of para-hydroxylation sites is 1. The van der Waals surface area contributed by atoms with E-state index in [2.05, 4.69) is 64.7 Å². The Labute approximate surface area is 184 Å². The fourth-order valence-corrected chi connectivity index (χ4v) is 4.82. The second-order valence-corrected chi connectivity index (χ2v) is 8.54. The highest BCUT2D eigenvalue weighted by molar-refractivity contribution is 7.99. The molecule has 0 saturated carbocycles. The van der Waals surface area contributed by atoms with Crippen LogP contribution in [0.3, 0.4) is 0 Å². The van der Waals surface area contributed by atoms with Gasteiger partial charge < -0.3 is 9.64 Å².